The fourth-order valence-corrected chi connectivity index (χ4v) is 3.00. The Kier molecular flexibility index (Phi) is 6.20. The minimum Gasteiger partial charge on any atom is -0.490 e. The Bertz CT molecular complexity index is 525. The van der Waals surface area contributed by atoms with Crippen LogP contribution in [0.25, 0.3) is 0 Å². The summed E-state index contributed by atoms with van der Waals surface area (Å²) in [6.07, 6.45) is 2.31. The van der Waals surface area contributed by atoms with E-state index >= 15 is 0 Å². The Morgan fingerprint density at radius 1 is 1.59 bits per heavy atom. The molecule has 1 heterocycles. The van der Waals surface area contributed by atoms with Crippen molar-refractivity contribution in [2.45, 2.75) is 32.2 Å². The van der Waals surface area contributed by atoms with Gasteiger partial charge in [-0.1, -0.05) is 15.9 Å². The SMILES string of the molecule is C[C@@H](N)[C@@H]1CCCN(C(=O)CCOc2ccc(Br)cc2F)C1. The summed E-state index contributed by atoms with van der Waals surface area (Å²) in [6.45, 7) is 3.65. The molecule has 4 nitrogen and oxygen atoms in total. The highest BCUT2D eigenvalue weighted by atomic mass is 79.9. The van der Waals surface area contributed by atoms with E-state index in [1.54, 1.807) is 12.1 Å². The molecule has 122 valence electrons. The molecule has 1 aromatic carbocycles. The predicted molar refractivity (Wildman–Crippen MR) is 87.2 cm³/mol. The van der Waals surface area contributed by atoms with E-state index in [9.17, 15) is 9.18 Å². The van der Waals surface area contributed by atoms with Gasteiger partial charge in [0, 0.05) is 23.6 Å². The molecule has 1 fully saturated rings. The molecule has 1 saturated heterocycles. The van der Waals surface area contributed by atoms with Gasteiger partial charge in [0.2, 0.25) is 5.91 Å². The van der Waals surface area contributed by atoms with Crippen molar-refractivity contribution in [1.82, 2.24) is 4.90 Å². The molecule has 0 unspecified atom stereocenters. The summed E-state index contributed by atoms with van der Waals surface area (Å²) >= 11 is 3.19. The third kappa shape index (κ3) is 4.68. The van der Waals surface area contributed by atoms with Crippen molar-refractivity contribution in [3.8, 4) is 5.75 Å². The van der Waals surface area contributed by atoms with E-state index in [-0.39, 0.29) is 30.7 Å². The van der Waals surface area contributed by atoms with E-state index in [1.165, 1.54) is 6.07 Å². The van der Waals surface area contributed by atoms with Gasteiger partial charge in [-0.3, -0.25) is 4.79 Å². The largest absolute Gasteiger partial charge is 0.490 e. The van der Waals surface area contributed by atoms with Crippen molar-refractivity contribution in [3.63, 3.8) is 0 Å². The number of rotatable bonds is 5. The van der Waals surface area contributed by atoms with Crippen LogP contribution in [-0.2, 0) is 4.79 Å². The number of nitrogens with zero attached hydrogens (tertiary/aromatic N) is 1. The Morgan fingerprint density at radius 3 is 3.05 bits per heavy atom. The van der Waals surface area contributed by atoms with Gasteiger partial charge in [0.15, 0.2) is 11.6 Å². The van der Waals surface area contributed by atoms with Crippen LogP contribution in [0.2, 0.25) is 0 Å². The molecular weight excluding hydrogens is 351 g/mol. The van der Waals surface area contributed by atoms with Crippen molar-refractivity contribution >= 4 is 21.8 Å². The van der Waals surface area contributed by atoms with Crippen LogP contribution in [0.15, 0.2) is 22.7 Å². The molecule has 1 aliphatic rings. The number of piperidine rings is 1. The average Bonchev–Trinajstić information content (AvgIpc) is 2.49. The third-order valence-corrected chi connectivity index (χ3v) is 4.51. The number of hydrogen-bond donors (Lipinski definition) is 1. The number of benzene rings is 1. The highest BCUT2D eigenvalue weighted by molar-refractivity contribution is 9.10. The number of carbonyl (C=O) groups is 1. The summed E-state index contributed by atoms with van der Waals surface area (Å²) in [5, 5.41) is 0. The van der Waals surface area contributed by atoms with E-state index in [2.05, 4.69) is 15.9 Å². The molecule has 0 radical (unpaired) electrons. The molecule has 2 rings (SSSR count). The monoisotopic (exact) mass is 372 g/mol. The first-order valence-corrected chi connectivity index (χ1v) is 8.38. The molecule has 0 aromatic heterocycles. The molecule has 0 aliphatic carbocycles. The molecule has 1 aliphatic heterocycles. The molecule has 2 atom stereocenters. The van der Waals surface area contributed by atoms with E-state index in [4.69, 9.17) is 10.5 Å². The van der Waals surface area contributed by atoms with Crippen LogP contribution in [0.5, 0.6) is 5.75 Å². The zero-order chi connectivity index (χ0) is 16.1. The van der Waals surface area contributed by atoms with Gasteiger partial charge in [0.05, 0.1) is 13.0 Å². The number of halogens is 2. The second-order valence-corrected chi connectivity index (χ2v) is 6.69. The standard InChI is InChI=1S/C16H22BrFN2O2/c1-11(19)12-3-2-7-20(10-12)16(21)6-8-22-15-5-4-13(17)9-14(15)18/h4-5,9,11-12H,2-3,6-8,10,19H2,1H3/t11-,12-/m1/s1. The molecule has 6 heteroatoms. The van der Waals surface area contributed by atoms with Crippen LogP contribution in [0.4, 0.5) is 4.39 Å². The molecular formula is C16H22BrFN2O2. The Balaban J connectivity index is 1.80. The summed E-state index contributed by atoms with van der Waals surface area (Å²) in [7, 11) is 0. The zero-order valence-corrected chi connectivity index (χ0v) is 14.3. The van der Waals surface area contributed by atoms with Gasteiger partial charge in [-0.05, 0) is 43.9 Å². The lowest BCUT2D eigenvalue weighted by Gasteiger charge is -2.34. The maximum absolute atomic E-state index is 13.6. The summed E-state index contributed by atoms with van der Waals surface area (Å²) < 4.78 is 19.6. The third-order valence-electron chi connectivity index (χ3n) is 4.02. The summed E-state index contributed by atoms with van der Waals surface area (Å²) in [6, 6.07) is 4.70. The lowest BCUT2D eigenvalue weighted by molar-refractivity contribution is -0.133. The van der Waals surface area contributed by atoms with E-state index in [1.807, 2.05) is 11.8 Å². The number of ether oxygens (including phenoxy) is 1. The number of carbonyl (C=O) groups excluding carboxylic acids is 1. The molecule has 0 spiro atoms. The molecule has 0 saturated carbocycles. The van der Waals surface area contributed by atoms with Crippen LogP contribution in [0.3, 0.4) is 0 Å². The van der Waals surface area contributed by atoms with Crippen LogP contribution >= 0.6 is 15.9 Å². The number of likely N-dealkylation sites (tertiary alicyclic amines) is 1. The highest BCUT2D eigenvalue weighted by Crippen LogP contribution is 2.22. The van der Waals surface area contributed by atoms with Gasteiger partial charge in [-0.25, -0.2) is 4.39 Å². The average molecular weight is 373 g/mol. The van der Waals surface area contributed by atoms with Crippen LogP contribution in [-0.4, -0.2) is 36.5 Å². The Morgan fingerprint density at radius 2 is 2.36 bits per heavy atom. The summed E-state index contributed by atoms with van der Waals surface area (Å²) in [4.78, 5) is 14.0. The second-order valence-electron chi connectivity index (χ2n) is 5.77. The van der Waals surface area contributed by atoms with E-state index in [0.717, 1.165) is 19.4 Å². The van der Waals surface area contributed by atoms with Crippen LogP contribution in [0.1, 0.15) is 26.2 Å². The first-order chi connectivity index (χ1) is 10.5. The van der Waals surface area contributed by atoms with Gasteiger partial charge >= 0.3 is 0 Å². The molecule has 2 N–H and O–H groups in total. The number of nitrogens with two attached hydrogens (primary N) is 1. The number of hydrogen-bond acceptors (Lipinski definition) is 3. The molecule has 22 heavy (non-hydrogen) atoms. The van der Waals surface area contributed by atoms with Gasteiger partial charge in [-0.15, -0.1) is 0 Å². The minimum atomic E-state index is -0.434. The smallest absolute Gasteiger partial charge is 0.226 e. The lowest BCUT2D eigenvalue weighted by Crippen LogP contribution is -2.45. The van der Waals surface area contributed by atoms with Crippen molar-refractivity contribution in [3.05, 3.63) is 28.5 Å². The van der Waals surface area contributed by atoms with Crippen LogP contribution in [0, 0.1) is 11.7 Å². The topological polar surface area (TPSA) is 55.6 Å². The van der Waals surface area contributed by atoms with Crippen molar-refractivity contribution in [2.24, 2.45) is 11.7 Å². The Labute approximate surface area is 138 Å². The van der Waals surface area contributed by atoms with Gasteiger partial charge in [0.1, 0.15) is 0 Å². The fourth-order valence-electron chi connectivity index (χ4n) is 2.66. The summed E-state index contributed by atoms with van der Waals surface area (Å²) in [5.41, 5.74) is 5.93. The van der Waals surface area contributed by atoms with Crippen LogP contribution < -0.4 is 10.5 Å². The van der Waals surface area contributed by atoms with E-state index in [0.29, 0.717) is 16.9 Å². The van der Waals surface area contributed by atoms with Gasteiger partial charge in [0.25, 0.3) is 0 Å². The predicted octanol–water partition coefficient (Wildman–Crippen LogP) is 2.94. The highest BCUT2D eigenvalue weighted by Gasteiger charge is 2.25. The second kappa shape index (κ2) is 7.92. The first kappa shape index (κ1) is 17.2. The minimum absolute atomic E-state index is 0.0443. The number of amides is 1. The lowest BCUT2D eigenvalue weighted by atomic mass is 9.92. The van der Waals surface area contributed by atoms with Crippen molar-refractivity contribution < 1.29 is 13.9 Å². The molecule has 1 amide bonds. The van der Waals surface area contributed by atoms with E-state index < -0.39 is 5.82 Å². The maximum Gasteiger partial charge on any atom is 0.226 e. The molecule has 1 aromatic rings. The zero-order valence-electron chi connectivity index (χ0n) is 12.7. The van der Waals surface area contributed by atoms with Crippen molar-refractivity contribution in [1.29, 1.82) is 0 Å². The Hall–Kier alpha value is -1.14. The van der Waals surface area contributed by atoms with Gasteiger partial charge < -0.3 is 15.4 Å². The molecule has 0 bridgehead atoms. The summed E-state index contributed by atoms with van der Waals surface area (Å²) in [5.74, 6) is 0.144. The quantitative estimate of drug-likeness (QED) is 0.864. The fraction of sp³-hybridized carbons (Fsp3) is 0.562. The normalized spacial score (nSPS) is 19.8. The first-order valence-electron chi connectivity index (χ1n) is 7.58. The van der Waals surface area contributed by atoms with Crippen molar-refractivity contribution in [2.75, 3.05) is 19.7 Å². The van der Waals surface area contributed by atoms with Gasteiger partial charge in [-0.2, -0.15) is 0 Å². The maximum atomic E-state index is 13.6.